The lowest BCUT2D eigenvalue weighted by Gasteiger charge is -2.27. The van der Waals surface area contributed by atoms with Crippen molar-refractivity contribution in [1.82, 2.24) is 5.32 Å². The van der Waals surface area contributed by atoms with Crippen LogP contribution in [0.2, 0.25) is 5.02 Å². The summed E-state index contributed by atoms with van der Waals surface area (Å²) in [6.07, 6.45) is 1.40. The maximum absolute atomic E-state index is 13.2. The van der Waals surface area contributed by atoms with Crippen molar-refractivity contribution in [3.8, 4) is 11.5 Å². The lowest BCUT2D eigenvalue weighted by Crippen LogP contribution is -2.54. The van der Waals surface area contributed by atoms with Gasteiger partial charge in [-0.3, -0.25) is 14.9 Å². The van der Waals surface area contributed by atoms with E-state index in [4.69, 9.17) is 21.1 Å². The number of urea groups is 1. The zero-order valence-corrected chi connectivity index (χ0v) is 21.1. The number of methoxy groups -OCH3 is 1. The van der Waals surface area contributed by atoms with Gasteiger partial charge in [0.05, 0.1) is 12.8 Å². The predicted molar refractivity (Wildman–Crippen MR) is 137 cm³/mol. The van der Waals surface area contributed by atoms with Crippen molar-refractivity contribution in [3.63, 3.8) is 0 Å². The van der Waals surface area contributed by atoms with Gasteiger partial charge in [0.15, 0.2) is 11.5 Å². The topological polar surface area (TPSA) is 84.9 Å². The first-order valence-electron chi connectivity index (χ1n) is 10.5. The number of ether oxygens (including phenoxy) is 2. The summed E-state index contributed by atoms with van der Waals surface area (Å²) in [5.74, 6) is -0.673. The van der Waals surface area contributed by atoms with E-state index >= 15 is 0 Å². The Hall–Kier alpha value is -3.62. The average molecular weight is 556 g/mol. The fourth-order valence-corrected chi connectivity index (χ4v) is 4.18. The maximum Gasteiger partial charge on any atom is 0.335 e. The van der Waals surface area contributed by atoms with Crippen LogP contribution in [0, 0.1) is 6.92 Å². The molecule has 1 heterocycles. The Balaban J connectivity index is 1.66. The molecule has 0 radical (unpaired) electrons. The normalized spacial score (nSPS) is 14.8. The average Bonchev–Trinajstić information content (AvgIpc) is 2.83. The molecular formula is C26H20BrClN2O5. The highest BCUT2D eigenvalue weighted by Gasteiger charge is 2.37. The molecule has 0 saturated carbocycles. The van der Waals surface area contributed by atoms with E-state index in [1.54, 1.807) is 49.4 Å². The van der Waals surface area contributed by atoms with Crippen molar-refractivity contribution < 1.29 is 23.9 Å². The molecule has 0 aliphatic carbocycles. The van der Waals surface area contributed by atoms with Crippen molar-refractivity contribution in [1.29, 1.82) is 0 Å². The van der Waals surface area contributed by atoms with Crippen LogP contribution in [0.4, 0.5) is 10.5 Å². The minimum absolute atomic E-state index is 0.194. The first-order valence-corrected chi connectivity index (χ1v) is 11.7. The summed E-state index contributed by atoms with van der Waals surface area (Å²) in [5, 5.41) is 2.82. The smallest absolute Gasteiger partial charge is 0.335 e. The molecule has 35 heavy (non-hydrogen) atoms. The second-order valence-corrected chi connectivity index (χ2v) is 8.91. The van der Waals surface area contributed by atoms with Gasteiger partial charge in [-0.1, -0.05) is 63.9 Å². The van der Waals surface area contributed by atoms with E-state index < -0.39 is 17.8 Å². The molecule has 3 aromatic carbocycles. The molecule has 9 heteroatoms. The Morgan fingerprint density at radius 1 is 1.03 bits per heavy atom. The molecule has 0 unspecified atom stereocenters. The van der Waals surface area contributed by atoms with Crippen molar-refractivity contribution in [2.24, 2.45) is 0 Å². The number of nitrogens with one attached hydrogen (secondary N) is 1. The Morgan fingerprint density at radius 2 is 1.74 bits per heavy atom. The zero-order chi connectivity index (χ0) is 25.1. The van der Waals surface area contributed by atoms with Gasteiger partial charge in [-0.2, -0.15) is 0 Å². The second kappa shape index (κ2) is 10.3. The summed E-state index contributed by atoms with van der Waals surface area (Å²) < 4.78 is 11.9. The van der Waals surface area contributed by atoms with Gasteiger partial charge in [0, 0.05) is 15.1 Å². The molecule has 0 spiro atoms. The molecule has 3 aromatic rings. The van der Waals surface area contributed by atoms with Crippen LogP contribution in [-0.4, -0.2) is 25.0 Å². The van der Waals surface area contributed by atoms with Crippen molar-refractivity contribution in [3.05, 3.63) is 92.4 Å². The van der Waals surface area contributed by atoms with Crippen molar-refractivity contribution >= 4 is 57.1 Å². The van der Waals surface area contributed by atoms with E-state index in [9.17, 15) is 14.4 Å². The number of hydrogen-bond donors (Lipinski definition) is 1. The predicted octanol–water partition coefficient (Wildman–Crippen LogP) is 5.66. The molecule has 4 rings (SSSR count). The standard InChI is InChI=1S/C26H20BrClN2O5/c1-15-7-3-6-10-21(15)30-25(32)18(24(31)29-26(30)33)11-17-12-22(34-2)23(13-19(17)27)35-14-16-8-4-5-9-20(16)28/h3-13H,14H2,1-2H3,(H,29,31,33)/b18-11+. The summed E-state index contributed by atoms with van der Waals surface area (Å²) in [5.41, 5.74) is 2.22. The van der Waals surface area contributed by atoms with Crippen LogP contribution in [-0.2, 0) is 16.2 Å². The summed E-state index contributed by atoms with van der Waals surface area (Å²) in [7, 11) is 1.49. The fraction of sp³-hybridized carbons (Fsp3) is 0.115. The third-order valence-electron chi connectivity index (χ3n) is 5.38. The number of carbonyl (C=O) groups excluding carboxylic acids is 3. The monoisotopic (exact) mass is 554 g/mol. The largest absolute Gasteiger partial charge is 0.493 e. The number of carbonyl (C=O) groups is 3. The molecule has 1 aliphatic rings. The van der Waals surface area contributed by atoms with Gasteiger partial charge in [0.2, 0.25) is 0 Å². The van der Waals surface area contributed by atoms with E-state index in [2.05, 4.69) is 21.2 Å². The van der Waals surface area contributed by atoms with E-state index in [1.165, 1.54) is 13.2 Å². The summed E-state index contributed by atoms with van der Waals surface area (Å²) in [4.78, 5) is 39.2. The molecule has 0 aromatic heterocycles. The molecule has 1 N–H and O–H groups in total. The molecule has 1 fully saturated rings. The highest BCUT2D eigenvalue weighted by atomic mass is 79.9. The zero-order valence-electron chi connectivity index (χ0n) is 18.8. The third-order valence-corrected chi connectivity index (χ3v) is 6.44. The number of amides is 4. The first kappa shape index (κ1) is 24.5. The Labute approximate surface area is 215 Å². The van der Waals surface area contributed by atoms with E-state index in [1.807, 2.05) is 18.2 Å². The molecule has 0 bridgehead atoms. The van der Waals surface area contributed by atoms with Crippen LogP contribution in [0.25, 0.3) is 6.08 Å². The number of nitrogens with zero attached hydrogens (tertiary/aromatic N) is 1. The van der Waals surface area contributed by atoms with Crippen molar-refractivity contribution in [2.45, 2.75) is 13.5 Å². The molecule has 178 valence electrons. The number of barbiturate groups is 1. The number of aryl methyl sites for hydroxylation is 1. The molecule has 4 amide bonds. The lowest BCUT2D eigenvalue weighted by molar-refractivity contribution is -0.122. The van der Waals surface area contributed by atoms with Crippen LogP contribution < -0.4 is 19.7 Å². The minimum atomic E-state index is -0.800. The molecule has 1 saturated heterocycles. The number of imide groups is 2. The SMILES string of the molecule is COc1cc(/C=C2\C(=O)NC(=O)N(c3ccccc3C)C2=O)c(Br)cc1OCc1ccccc1Cl. The van der Waals surface area contributed by atoms with Crippen LogP contribution in [0.1, 0.15) is 16.7 Å². The van der Waals surface area contributed by atoms with Crippen LogP contribution in [0.5, 0.6) is 11.5 Å². The molecule has 0 atom stereocenters. The maximum atomic E-state index is 13.2. The van der Waals surface area contributed by atoms with Gasteiger partial charge in [0.1, 0.15) is 12.2 Å². The third kappa shape index (κ3) is 5.08. The summed E-state index contributed by atoms with van der Waals surface area (Å²) in [6.45, 7) is 2.00. The summed E-state index contributed by atoms with van der Waals surface area (Å²) in [6, 6.07) is 16.8. The van der Waals surface area contributed by atoms with Crippen molar-refractivity contribution in [2.75, 3.05) is 12.0 Å². The lowest BCUT2D eigenvalue weighted by atomic mass is 10.1. The van der Waals surface area contributed by atoms with Crippen LogP contribution >= 0.6 is 27.5 Å². The molecular weight excluding hydrogens is 536 g/mol. The molecule has 1 aliphatic heterocycles. The van der Waals surface area contributed by atoms with Gasteiger partial charge in [-0.25, -0.2) is 9.69 Å². The van der Waals surface area contributed by atoms with Gasteiger partial charge < -0.3 is 9.47 Å². The van der Waals surface area contributed by atoms with Gasteiger partial charge in [-0.15, -0.1) is 0 Å². The number of halogens is 2. The second-order valence-electron chi connectivity index (χ2n) is 7.65. The van der Waals surface area contributed by atoms with Gasteiger partial charge >= 0.3 is 6.03 Å². The highest BCUT2D eigenvalue weighted by molar-refractivity contribution is 9.10. The van der Waals surface area contributed by atoms with Crippen LogP contribution in [0.15, 0.2) is 70.7 Å². The van der Waals surface area contributed by atoms with Gasteiger partial charge in [-0.05, 0) is 48.4 Å². The Bertz CT molecular complexity index is 1370. The fourth-order valence-electron chi connectivity index (χ4n) is 3.55. The highest BCUT2D eigenvalue weighted by Crippen LogP contribution is 2.36. The summed E-state index contributed by atoms with van der Waals surface area (Å²) >= 11 is 9.68. The number of anilines is 1. The Kier molecular flexibility index (Phi) is 7.23. The molecule has 7 nitrogen and oxygen atoms in total. The number of hydrogen-bond acceptors (Lipinski definition) is 5. The quantitative estimate of drug-likeness (QED) is 0.313. The number of rotatable bonds is 6. The van der Waals surface area contributed by atoms with Crippen LogP contribution in [0.3, 0.4) is 0 Å². The van der Waals surface area contributed by atoms with E-state index in [0.29, 0.717) is 37.8 Å². The van der Waals surface area contributed by atoms with Gasteiger partial charge in [0.25, 0.3) is 11.8 Å². The first-order chi connectivity index (χ1) is 16.8. The number of para-hydroxylation sites is 1. The van der Waals surface area contributed by atoms with E-state index in [0.717, 1.165) is 10.5 Å². The Morgan fingerprint density at radius 3 is 2.46 bits per heavy atom. The minimum Gasteiger partial charge on any atom is -0.493 e. The van der Waals surface area contributed by atoms with E-state index in [-0.39, 0.29) is 12.2 Å². The number of benzene rings is 3.